The highest BCUT2D eigenvalue weighted by atomic mass is 16.7. The van der Waals surface area contributed by atoms with Crippen molar-refractivity contribution in [3.8, 4) is 0 Å². The second kappa shape index (κ2) is 22.6. The molecule has 12 heteroatoms. The Morgan fingerprint density at radius 3 is 1.64 bits per heavy atom. The molecule has 2 aliphatic heterocycles. The molecule has 7 N–H and O–H groups in total. The van der Waals surface area contributed by atoms with E-state index in [0.29, 0.717) is 0 Å². The van der Waals surface area contributed by atoms with Gasteiger partial charge in [0.2, 0.25) is 0 Å². The van der Waals surface area contributed by atoms with Crippen LogP contribution in [0.2, 0.25) is 0 Å². The van der Waals surface area contributed by atoms with Gasteiger partial charge in [-0.25, -0.2) is 0 Å². The lowest BCUT2D eigenvalue weighted by Gasteiger charge is -2.45. The van der Waals surface area contributed by atoms with Crippen LogP contribution in [0.15, 0.2) is 0 Å². The molecule has 1 unspecified atom stereocenters. The van der Waals surface area contributed by atoms with E-state index in [1.807, 2.05) is 0 Å². The maximum Gasteiger partial charge on any atom is 0.306 e. The van der Waals surface area contributed by atoms with Gasteiger partial charge >= 0.3 is 5.97 Å². The fourth-order valence-electron chi connectivity index (χ4n) is 6.26. The van der Waals surface area contributed by atoms with Gasteiger partial charge in [0.25, 0.3) is 0 Å². The molecule has 0 radical (unpaired) electrons. The van der Waals surface area contributed by atoms with Gasteiger partial charge in [0.1, 0.15) is 42.7 Å². The van der Waals surface area contributed by atoms with Crippen LogP contribution in [0.25, 0.3) is 0 Å². The maximum absolute atomic E-state index is 13.2. The molecule has 0 aromatic heterocycles. The van der Waals surface area contributed by atoms with Gasteiger partial charge in [-0.3, -0.25) is 4.79 Å². The first-order valence-corrected chi connectivity index (χ1v) is 17.5. The maximum atomic E-state index is 13.2. The Kier molecular flexibility index (Phi) is 20.2. The number of aliphatic hydroxyl groups excluding tert-OH is 7. The average Bonchev–Trinajstić information content (AvgIpc) is 3.03. The first-order valence-electron chi connectivity index (χ1n) is 17.5. The Morgan fingerprint density at radius 2 is 1.13 bits per heavy atom. The molecule has 266 valence electrons. The number of hydrogen-bond acceptors (Lipinski definition) is 12. The van der Waals surface area contributed by atoms with Crippen molar-refractivity contribution in [3.63, 3.8) is 0 Å². The van der Waals surface area contributed by atoms with E-state index in [1.165, 1.54) is 64.2 Å². The molecule has 2 aliphatic rings. The minimum absolute atomic E-state index is 0.103. The van der Waals surface area contributed by atoms with E-state index < -0.39 is 80.6 Å². The van der Waals surface area contributed by atoms with Crippen LogP contribution >= 0.6 is 0 Å². The zero-order valence-corrected chi connectivity index (χ0v) is 27.5. The van der Waals surface area contributed by atoms with E-state index in [1.54, 1.807) is 0 Å². The van der Waals surface area contributed by atoms with Crippen molar-refractivity contribution in [2.45, 2.75) is 184 Å². The third-order valence-corrected chi connectivity index (χ3v) is 9.11. The van der Waals surface area contributed by atoms with Crippen molar-refractivity contribution in [2.24, 2.45) is 5.92 Å². The van der Waals surface area contributed by atoms with Gasteiger partial charge in [0.15, 0.2) is 18.7 Å². The van der Waals surface area contributed by atoms with Crippen LogP contribution in [-0.4, -0.2) is 116 Å². The Bertz CT molecular complexity index is 770. The summed E-state index contributed by atoms with van der Waals surface area (Å²) in [5.41, 5.74) is 0. The molecule has 0 aromatic rings. The minimum atomic E-state index is -1.77. The Morgan fingerprint density at radius 1 is 0.622 bits per heavy atom. The second-order valence-electron chi connectivity index (χ2n) is 12.9. The standard InChI is InChI=1S/C33H62O12/c1-3-5-7-9-11-12-14-16-18-22(17-15-13-10-8-6-4-2)19-25(36)44-31-26(37)23(20-34)43-33(29(31)40)45-30-24(21-35)42-32(41)28(39)27(30)38/h22-24,26-35,37-41H,3-21H2,1-2H3/t22?,23-,24-,26-,27-,28-,29-,30-,31+,32-,33-/m1/s1. The van der Waals surface area contributed by atoms with E-state index in [2.05, 4.69) is 13.8 Å². The molecule has 2 fully saturated rings. The van der Waals surface area contributed by atoms with Gasteiger partial charge in [-0.2, -0.15) is 0 Å². The monoisotopic (exact) mass is 650 g/mol. The van der Waals surface area contributed by atoms with Gasteiger partial charge in [0, 0.05) is 6.42 Å². The normalized spacial score (nSPS) is 32.8. The Balaban J connectivity index is 2.00. The van der Waals surface area contributed by atoms with Crippen molar-refractivity contribution < 1.29 is 59.5 Å². The molecule has 2 heterocycles. The van der Waals surface area contributed by atoms with E-state index in [9.17, 15) is 40.5 Å². The first kappa shape index (κ1) is 40.2. The molecule has 0 saturated carbocycles. The molecule has 11 atom stereocenters. The zero-order valence-electron chi connectivity index (χ0n) is 27.5. The molecular formula is C33H62O12. The number of rotatable bonds is 23. The quantitative estimate of drug-likeness (QED) is 0.0631. The largest absolute Gasteiger partial charge is 0.456 e. The summed E-state index contributed by atoms with van der Waals surface area (Å²) in [5.74, 6) is -0.481. The predicted molar refractivity (Wildman–Crippen MR) is 166 cm³/mol. The Hall–Kier alpha value is -0.930. The molecule has 2 saturated heterocycles. The third-order valence-electron chi connectivity index (χ3n) is 9.11. The van der Waals surface area contributed by atoms with Crippen molar-refractivity contribution in [1.82, 2.24) is 0 Å². The van der Waals surface area contributed by atoms with Gasteiger partial charge < -0.3 is 54.7 Å². The topological polar surface area (TPSA) is 196 Å². The smallest absolute Gasteiger partial charge is 0.306 e. The summed E-state index contributed by atoms with van der Waals surface area (Å²) in [6, 6.07) is 0. The number of unbranched alkanes of at least 4 members (excludes halogenated alkanes) is 12. The molecule has 0 spiro atoms. The van der Waals surface area contributed by atoms with Gasteiger partial charge in [-0.15, -0.1) is 0 Å². The lowest BCUT2D eigenvalue weighted by molar-refractivity contribution is -0.355. The average molecular weight is 651 g/mol. The lowest BCUT2D eigenvalue weighted by atomic mass is 9.91. The minimum Gasteiger partial charge on any atom is -0.456 e. The van der Waals surface area contributed by atoms with E-state index in [4.69, 9.17) is 18.9 Å². The van der Waals surface area contributed by atoms with Crippen LogP contribution < -0.4 is 0 Å². The van der Waals surface area contributed by atoms with Crippen LogP contribution in [0, 0.1) is 5.92 Å². The van der Waals surface area contributed by atoms with Gasteiger partial charge in [-0.1, -0.05) is 104 Å². The summed E-state index contributed by atoms with van der Waals surface area (Å²) in [7, 11) is 0. The number of aliphatic hydroxyl groups is 7. The van der Waals surface area contributed by atoms with Crippen molar-refractivity contribution >= 4 is 5.97 Å². The number of carbonyl (C=O) groups is 1. The summed E-state index contributed by atoms with van der Waals surface area (Å²) in [6.07, 6.45) is 2.66. The molecular weight excluding hydrogens is 588 g/mol. The summed E-state index contributed by atoms with van der Waals surface area (Å²) in [4.78, 5) is 13.2. The van der Waals surface area contributed by atoms with E-state index >= 15 is 0 Å². The summed E-state index contributed by atoms with van der Waals surface area (Å²) < 4.78 is 21.9. The number of hydrogen-bond donors (Lipinski definition) is 7. The summed E-state index contributed by atoms with van der Waals surface area (Å²) in [5, 5.41) is 71.6. The van der Waals surface area contributed by atoms with Crippen LogP contribution in [-0.2, 0) is 23.7 Å². The molecule has 0 bridgehead atoms. The third kappa shape index (κ3) is 13.6. The molecule has 0 amide bonds. The predicted octanol–water partition coefficient (Wildman–Crippen LogP) is 2.44. The highest BCUT2D eigenvalue weighted by Crippen LogP contribution is 2.31. The molecule has 0 aliphatic carbocycles. The van der Waals surface area contributed by atoms with Gasteiger partial charge in [0.05, 0.1) is 13.2 Å². The lowest BCUT2D eigenvalue weighted by Crippen LogP contribution is -2.65. The van der Waals surface area contributed by atoms with Crippen LogP contribution in [0.5, 0.6) is 0 Å². The fraction of sp³-hybridized carbons (Fsp3) is 0.970. The van der Waals surface area contributed by atoms with E-state index in [-0.39, 0.29) is 12.3 Å². The molecule has 2 rings (SSSR count). The molecule has 0 aromatic carbocycles. The van der Waals surface area contributed by atoms with Crippen LogP contribution in [0.4, 0.5) is 0 Å². The molecule has 12 nitrogen and oxygen atoms in total. The van der Waals surface area contributed by atoms with Crippen molar-refractivity contribution in [3.05, 3.63) is 0 Å². The number of ether oxygens (including phenoxy) is 4. The van der Waals surface area contributed by atoms with Crippen molar-refractivity contribution in [1.29, 1.82) is 0 Å². The van der Waals surface area contributed by atoms with Gasteiger partial charge in [-0.05, 0) is 18.8 Å². The fourth-order valence-corrected chi connectivity index (χ4v) is 6.26. The highest BCUT2D eigenvalue weighted by molar-refractivity contribution is 5.70. The van der Waals surface area contributed by atoms with Crippen LogP contribution in [0.1, 0.15) is 123 Å². The Labute approximate surface area is 269 Å². The summed E-state index contributed by atoms with van der Waals surface area (Å²) in [6.45, 7) is 3.01. The SMILES string of the molecule is CCCCCCCCCCC(CCCCCCCC)CC(=O)O[C@@H]1[C@@H](O)[C@@H](O[C@H]2[C@H](O)[C@@H](O)[C@H](O)O[C@@H]2CO)O[C@H](CO)[C@H]1O. The number of carbonyl (C=O) groups excluding carboxylic acids is 1. The zero-order chi connectivity index (χ0) is 33.2. The molecule has 45 heavy (non-hydrogen) atoms. The first-order chi connectivity index (χ1) is 21.7. The number of esters is 1. The van der Waals surface area contributed by atoms with Crippen LogP contribution in [0.3, 0.4) is 0 Å². The van der Waals surface area contributed by atoms with Crippen molar-refractivity contribution in [2.75, 3.05) is 13.2 Å². The summed E-state index contributed by atoms with van der Waals surface area (Å²) >= 11 is 0. The van der Waals surface area contributed by atoms with E-state index in [0.717, 1.165) is 38.5 Å². The highest BCUT2D eigenvalue weighted by Gasteiger charge is 2.51. The second-order valence-corrected chi connectivity index (χ2v) is 12.9.